The highest BCUT2D eigenvalue weighted by Gasteiger charge is 2.30. The number of para-hydroxylation sites is 1. The molecule has 0 aromatic heterocycles. The second kappa shape index (κ2) is 9.25. The van der Waals surface area contributed by atoms with Crippen LogP contribution in [0.5, 0.6) is 5.75 Å². The van der Waals surface area contributed by atoms with Gasteiger partial charge in [-0.05, 0) is 47.8 Å². The van der Waals surface area contributed by atoms with Crippen molar-refractivity contribution >= 4 is 21.9 Å². The Kier molecular flexibility index (Phi) is 7.33. The van der Waals surface area contributed by atoms with E-state index in [1.54, 1.807) is 0 Å². The van der Waals surface area contributed by atoms with Gasteiger partial charge in [-0.15, -0.1) is 0 Å². The summed E-state index contributed by atoms with van der Waals surface area (Å²) in [6.45, 7) is 4.78. The molecule has 1 aromatic carbocycles. The molecule has 0 spiro atoms. The van der Waals surface area contributed by atoms with Crippen molar-refractivity contribution in [2.45, 2.75) is 25.9 Å². The Balaban J connectivity index is 1.77. The zero-order chi connectivity index (χ0) is 16.7. The van der Waals surface area contributed by atoms with Crippen LogP contribution in [-0.4, -0.2) is 50.0 Å². The van der Waals surface area contributed by atoms with E-state index in [-0.39, 0.29) is 18.5 Å². The first-order valence-electron chi connectivity index (χ1n) is 8.15. The van der Waals surface area contributed by atoms with E-state index in [1.165, 1.54) is 4.90 Å². The Morgan fingerprint density at radius 1 is 1.48 bits per heavy atom. The van der Waals surface area contributed by atoms with E-state index in [4.69, 9.17) is 9.47 Å². The summed E-state index contributed by atoms with van der Waals surface area (Å²) in [6, 6.07) is 7.58. The van der Waals surface area contributed by atoms with Crippen molar-refractivity contribution in [1.82, 2.24) is 0 Å². The van der Waals surface area contributed by atoms with Gasteiger partial charge in [-0.25, -0.2) is 0 Å². The summed E-state index contributed by atoms with van der Waals surface area (Å²) in [7, 11) is 0. The molecular weight excluding hydrogens is 362 g/mol. The lowest BCUT2D eigenvalue weighted by Gasteiger charge is -2.30. The predicted molar refractivity (Wildman–Crippen MR) is 90.6 cm³/mol. The van der Waals surface area contributed by atoms with Crippen molar-refractivity contribution in [2.24, 2.45) is 5.92 Å². The quantitative estimate of drug-likeness (QED) is 0.687. The molecular formula is C17H25BrNO4+. The first-order chi connectivity index (χ1) is 11.1. The van der Waals surface area contributed by atoms with Gasteiger partial charge in [0, 0.05) is 0 Å². The average Bonchev–Trinajstić information content (AvgIpc) is 2.54. The molecule has 0 amide bonds. The fraction of sp³-hybridized carbons (Fsp3) is 0.588. The van der Waals surface area contributed by atoms with E-state index in [0.717, 1.165) is 36.2 Å². The third-order valence-corrected chi connectivity index (χ3v) is 4.69. The minimum Gasteiger partial charge on any atom is -0.489 e. The number of hydrogen-bond acceptors (Lipinski definition) is 4. The Labute approximate surface area is 145 Å². The van der Waals surface area contributed by atoms with Crippen LogP contribution in [0.25, 0.3) is 0 Å². The second-order valence-electron chi connectivity index (χ2n) is 5.89. The van der Waals surface area contributed by atoms with Crippen molar-refractivity contribution in [3.63, 3.8) is 0 Å². The van der Waals surface area contributed by atoms with E-state index in [0.29, 0.717) is 13.2 Å². The molecule has 0 bridgehead atoms. The van der Waals surface area contributed by atoms with Gasteiger partial charge in [0.15, 0.2) is 0 Å². The Hall–Kier alpha value is -1.11. The lowest BCUT2D eigenvalue weighted by atomic mass is 9.98. The van der Waals surface area contributed by atoms with Gasteiger partial charge in [0.05, 0.1) is 24.2 Å². The number of rotatable bonds is 7. The van der Waals surface area contributed by atoms with Crippen molar-refractivity contribution in [3.05, 3.63) is 28.7 Å². The van der Waals surface area contributed by atoms with Gasteiger partial charge in [0.25, 0.3) is 0 Å². The van der Waals surface area contributed by atoms with Crippen LogP contribution in [0.2, 0.25) is 0 Å². The normalized spacial score (nSPS) is 22.4. The minimum atomic E-state index is -0.557. The number of hydrogen-bond donors (Lipinski definition) is 2. The molecule has 6 heteroatoms. The second-order valence-corrected chi connectivity index (χ2v) is 6.75. The fourth-order valence-corrected chi connectivity index (χ4v) is 3.34. The summed E-state index contributed by atoms with van der Waals surface area (Å²) < 4.78 is 11.6. The van der Waals surface area contributed by atoms with Crippen molar-refractivity contribution < 1.29 is 24.3 Å². The lowest BCUT2D eigenvalue weighted by molar-refractivity contribution is -0.910. The van der Waals surface area contributed by atoms with Crippen LogP contribution >= 0.6 is 15.9 Å². The van der Waals surface area contributed by atoms with Crippen LogP contribution in [0.15, 0.2) is 28.7 Å². The van der Waals surface area contributed by atoms with Gasteiger partial charge < -0.3 is 19.5 Å². The summed E-state index contributed by atoms with van der Waals surface area (Å²) in [4.78, 5) is 13.1. The molecule has 23 heavy (non-hydrogen) atoms. The van der Waals surface area contributed by atoms with Crippen molar-refractivity contribution in [3.8, 4) is 5.75 Å². The number of carbonyl (C=O) groups is 1. The lowest BCUT2D eigenvalue weighted by Crippen LogP contribution is -3.15. The SMILES string of the molecule is CCOC(=O)[C@@H]1CCC[NH+](C[C@H](O)COc2ccccc2Br)C1. The number of piperidine rings is 1. The van der Waals surface area contributed by atoms with E-state index in [2.05, 4.69) is 15.9 Å². The van der Waals surface area contributed by atoms with Gasteiger partial charge in [-0.2, -0.15) is 0 Å². The number of nitrogens with one attached hydrogen (secondary N) is 1. The Bertz CT molecular complexity index is 511. The average molecular weight is 387 g/mol. The third-order valence-electron chi connectivity index (χ3n) is 4.03. The number of aliphatic hydroxyl groups excluding tert-OH is 1. The highest BCUT2D eigenvalue weighted by molar-refractivity contribution is 9.10. The van der Waals surface area contributed by atoms with Crippen LogP contribution in [0, 0.1) is 5.92 Å². The topological polar surface area (TPSA) is 60.2 Å². The fourth-order valence-electron chi connectivity index (χ4n) is 2.94. The molecule has 1 fully saturated rings. The number of esters is 1. The summed E-state index contributed by atoms with van der Waals surface area (Å²) in [5.41, 5.74) is 0. The van der Waals surface area contributed by atoms with Gasteiger partial charge in [-0.1, -0.05) is 12.1 Å². The molecule has 1 aliphatic rings. The van der Waals surface area contributed by atoms with Crippen LogP contribution < -0.4 is 9.64 Å². The molecule has 0 radical (unpaired) electrons. The maximum absolute atomic E-state index is 11.8. The molecule has 0 aliphatic carbocycles. The zero-order valence-corrected chi connectivity index (χ0v) is 15.0. The first kappa shape index (κ1) is 18.2. The molecule has 1 aliphatic heterocycles. The molecule has 0 saturated carbocycles. The summed E-state index contributed by atoms with van der Waals surface area (Å²) >= 11 is 3.42. The molecule has 1 unspecified atom stereocenters. The number of quaternary nitrogens is 1. The van der Waals surface area contributed by atoms with E-state index in [1.807, 2.05) is 31.2 Å². The van der Waals surface area contributed by atoms with E-state index < -0.39 is 6.10 Å². The highest BCUT2D eigenvalue weighted by atomic mass is 79.9. The molecule has 2 N–H and O–H groups in total. The van der Waals surface area contributed by atoms with Crippen LogP contribution in [0.1, 0.15) is 19.8 Å². The number of likely N-dealkylation sites (tertiary alicyclic amines) is 1. The number of halogens is 1. The Morgan fingerprint density at radius 2 is 2.26 bits per heavy atom. The van der Waals surface area contributed by atoms with Gasteiger partial charge in [-0.3, -0.25) is 4.79 Å². The van der Waals surface area contributed by atoms with Crippen molar-refractivity contribution in [1.29, 1.82) is 0 Å². The monoisotopic (exact) mass is 386 g/mol. The third kappa shape index (κ3) is 5.79. The summed E-state index contributed by atoms with van der Waals surface area (Å²) in [5, 5.41) is 10.2. The van der Waals surface area contributed by atoms with Gasteiger partial charge >= 0.3 is 5.97 Å². The highest BCUT2D eigenvalue weighted by Crippen LogP contribution is 2.23. The number of ether oxygens (including phenoxy) is 2. The standard InChI is InChI=1S/C17H24BrNO4/c1-2-22-17(21)13-6-5-9-19(10-13)11-14(20)12-23-16-8-4-3-7-15(16)18/h3-4,7-8,13-14,20H,2,5-6,9-12H2,1H3/p+1/t13-,14+/m1/s1. The number of aliphatic hydroxyl groups is 1. The number of benzene rings is 1. The summed E-state index contributed by atoms with van der Waals surface area (Å²) in [6.07, 6.45) is 1.31. The maximum Gasteiger partial charge on any atom is 0.314 e. The molecule has 1 saturated heterocycles. The van der Waals surface area contributed by atoms with Crippen LogP contribution in [0.3, 0.4) is 0 Å². The number of carbonyl (C=O) groups excluding carboxylic acids is 1. The predicted octanol–water partition coefficient (Wildman–Crippen LogP) is 1.05. The van der Waals surface area contributed by atoms with E-state index in [9.17, 15) is 9.90 Å². The van der Waals surface area contributed by atoms with Crippen LogP contribution in [-0.2, 0) is 9.53 Å². The molecule has 1 aromatic rings. The largest absolute Gasteiger partial charge is 0.489 e. The molecule has 3 atom stereocenters. The molecule has 2 rings (SSSR count). The van der Waals surface area contributed by atoms with Crippen LogP contribution in [0.4, 0.5) is 0 Å². The Morgan fingerprint density at radius 3 is 3.00 bits per heavy atom. The van der Waals surface area contributed by atoms with E-state index >= 15 is 0 Å². The molecule has 128 valence electrons. The molecule has 1 heterocycles. The minimum absolute atomic E-state index is 0.0462. The molecule has 5 nitrogen and oxygen atoms in total. The first-order valence-corrected chi connectivity index (χ1v) is 8.95. The smallest absolute Gasteiger partial charge is 0.314 e. The maximum atomic E-state index is 11.8. The summed E-state index contributed by atoms with van der Waals surface area (Å²) in [5.74, 6) is 0.573. The van der Waals surface area contributed by atoms with Gasteiger partial charge in [0.1, 0.15) is 30.9 Å². The van der Waals surface area contributed by atoms with Crippen molar-refractivity contribution in [2.75, 3.05) is 32.8 Å². The zero-order valence-electron chi connectivity index (χ0n) is 13.5. The van der Waals surface area contributed by atoms with Gasteiger partial charge in [0.2, 0.25) is 0 Å².